The van der Waals surface area contributed by atoms with Gasteiger partial charge in [0, 0.05) is 17.3 Å². The molecule has 3 N–H and O–H groups in total. The molecular weight excluding hydrogens is 348 g/mol. The van der Waals surface area contributed by atoms with E-state index in [4.69, 9.17) is 9.47 Å². The average Bonchev–Trinajstić information content (AvgIpc) is 2.59. The third-order valence-corrected chi connectivity index (χ3v) is 8.94. The number of rotatable bonds is 1. The smallest absolute Gasteiger partial charge is 0.322 e. The van der Waals surface area contributed by atoms with Crippen LogP contribution in [0.4, 0.5) is 0 Å². The zero-order valence-corrected chi connectivity index (χ0v) is 16.3. The monoisotopic (exact) mass is 378 g/mol. The first-order chi connectivity index (χ1) is 12.5. The first-order valence-corrected chi connectivity index (χ1v) is 10.1. The molecule has 3 saturated carbocycles. The molecule has 0 amide bonds. The van der Waals surface area contributed by atoms with Gasteiger partial charge in [-0.25, -0.2) is 0 Å². The zero-order valence-electron chi connectivity index (χ0n) is 16.3. The molecule has 6 fully saturated rings. The van der Waals surface area contributed by atoms with Crippen LogP contribution in [-0.2, 0) is 14.3 Å². The van der Waals surface area contributed by atoms with Gasteiger partial charge in [-0.15, -0.1) is 0 Å². The Balaban J connectivity index is 1.74. The van der Waals surface area contributed by atoms with Crippen molar-refractivity contribution in [3.63, 3.8) is 0 Å². The summed E-state index contributed by atoms with van der Waals surface area (Å²) in [5, 5.41) is 34.3. The Bertz CT molecular complexity index is 732. The summed E-state index contributed by atoms with van der Waals surface area (Å²) in [5.41, 5.74) is -1.43. The molecule has 3 aliphatic heterocycles. The Morgan fingerprint density at radius 3 is 2.56 bits per heavy atom. The van der Waals surface area contributed by atoms with Crippen LogP contribution in [-0.4, -0.2) is 52.0 Å². The van der Waals surface area contributed by atoms with Crippen molar-refractivity contribution in [2.45, 2.75) is 70.6 Å². The van der Waals surface area contributed by atoms with Crippen LogP contribution in [0, 0.1) is 34.0 Å². The van der Waals surface area contributed by atoms with E-state index < -0.39 is 40.9 Å². The van der Waals surface area contributed by atoms with Gasteiger partial charge >= 0.3 is 5.97 Å². The number of aliphatic hydroxyl groups excluding tert-OH is 2. The van der Waals surface area contributed by atoms with Crippen molar-refractivity contribution in [3.05, 3.63) is 12.2 Å². The number of hydrogen-bond donors (Lipinski definition) is 3. The molecule has 0 radical (unpaired) electrons. The molecule has 6 rings (SSSR count). The lowest BCUT2D eigenvalue weighted by molar-refractivity contribution is -0.481. The summed E-state index contributed by atoms with van der Waals surface area (Å²) < 4.78 is 11.5. The van der Waals surface area contributed by atoms with Crippen LogP contribution in [0.15, 0.2) is 12.2 Å². The standard InChI is InChI=1S/C21H30O6/c1-10(2)11-5-6-12-19-9-26-21(25,20(12)16(11)27-17(20)24)15(23)14(19)18(3,4)8-7-13(19)22/h11-16,22-23,25H,1,5-9H2,2-4H3/t11-,12-,13-,14+,15-,16+,19+,20?,21-/m0/s1. The Labute approximate surface area is 159 Å². The van der Waals surface area contributed by atoms with Gasteiger partial charge in [-0.1, -0.05) is 26.0 Å². The highest BCUT2D eigenvalue weighted by atomic mass is 16.7. The van der Waals surface area contributed by atoms with E-state index in [0.29, 0.717) is 12.8 Å². The molecule has 3 heterocycles. The van der Waals surface area contributed by atoms with E-state index in [1.165, 1.54) is 0 Å². The third-order valence-electron chi connectivity index (χ3n) is 8.94. The quantitative estimate of drug-likeness (QED) is 0.471. The van der Waals surface area contributed by atoms with Gasteiger partial charge in [-0.05, 0) is 43.9 Å². The second-order valence-corrected chi connectivity index (χ2v) is 10.3. The van der Waals surface area contributed by atoms with Gasteiger partial charge in [0.25, 0.3) is 0 Å². The molecule has 150 valence electrons. The molecule has 2 bridgehead atoms. The van der Waals surface area contributed by atoms with Crippen LogP contribution >= 0.6 is 0 Å². The van der Waals surface area contributed by atoms with Gasteiger partial charge in [0.15, 0.2) is 5.41 Å². The highest BCUT2D eigenvalue weighted by Gasteiger charge is 2.89. The Kier molecular flexibility index (Phi) is 3.33. The lowest BCUT2D eigenvalue weighted by atomic mass is 9.33. The van der Waals surface area contributed by atoms with E-state index in [2.05, 4.69) is 20.4 Å². The molecule has 9 atom stereocenters. The van der Waals surface area contributed by atoms with Crippen molar-refractivity contribution in [2.24, 2.45) is 34.0 Å². The van der Waals surface area contributed by atoms with Crippen LogP contribution < -0.4 is 0 Å². The fourth-order valence-corrected chi connectivity index (χ4v) is 7.86. The van der Waals surface area contributed by atoms with E-state index >= 15 is 0 Å². The van der Waals surface area contributed by atoms with Crippen molar-refractivity contribution in [1.29, 1.82) is 0 Å². The van der Waals surface area contributed by atoms with Crippen LogP contribution in [0.3, 0.4) is 0 Å². The van der Waals surface area contributed by atoms with E-state index in [0.717, 1.165) is 18.4 Å². The molecular formula is C21H30O6. The van der Waals surface area contributed by atoms with Crippen LogP contribution in [0.5, 0.6) is 0 Å². The predicted octanol–water partition coefficient (Wildman–Crippen LogP) is 1.38. The molecule has 6 heteroatoms. The molecule has 27 heavy (non-hydrogen) atoms. The summed E-state index contributed by atoms with van der Waals surface area (Å²) in [6.45, 7) is 10.3. The number of esters is 1. The Hall–Kier alpha value is -0.950. The summed E-state index contributed by atoms with van der Waals surface area (Å²) in [4.78, 5) is 13.0. The largest absolute Gasteiger partial charge is 0.460 e. The summed E-state index contributed by atoms with van der Waals surface area (Å²) in [6, 6.07) is 0. The van der Waals surface area contributed by atoms with Gasteiger partial charge < -0.3 is 24.8 Å². The summed E-state index contributed by atoms with van der Waals surface area (Å²) in [5.74, 6) is -3.15. The maximum absolute atomic E-state index is 13.0. The number of hydrogen-bond acceptors (Lipinski definition) is 6. The van der Waals surface area contributed by atoms with Crippen LogP contribution in [0.25, 0.3) is 0 Å². The number of ether oxygens (including phenoxy) is 2. The second-order valence-electron chi connectivity index (χ2n) is 10.3. The number of carbonyl (C=O) groups is 1. The molecule has 6 aliphatic rings. The second kappa shape index (κ2) is 4.96. The third kappa shape index (κ3) is 1.64. The van der Waals surface area contributed by atoms with Gasteiger partial charge in [-0.3, -0.25) is 4.79 Å². The SMILES string of the molecule is C=C(C)[C@@H]1CC[C@@H]2C3(C(=O)O[C@H]13)[C@@]1(O)OC[C@@]23[C@H]([C@@H]1O)C(C)(C)CC[C@@H]3O. The van der Waals surface area contributed by atoms with Crippen molar-refractivity contribution >= 4 is 5.97 Å². The number of fused-ring (bicyclic) bond motifs is 1. The summed E-state index contributed by atoms with van der Waals surface area (Å²) in [7, 11) is 0. The molecule has 2 spiro atoms. The first kappa shape index (κ1) is 18.1. The highest BCUT2D eigenvalue weighted by molar-refractivity contribution is 5.86. The molecule has 6 nitrogen and oxygen atoms in total. The van der Waals surface area contributed by atoms with Gasteiger partial charge in [-0.2, -0.15) is 0 Å². The number of carbonyl (C=O) groups excluding carboxylic acids is 1. The number of aliphatic hydroxyl groups is 3. The van der Waals surface area contributed by atoms with E-state index in [1.807, 2.05) is 6.92 Å². The van der Waals surface area contributed by atoms with Crippen molar-refractivity contribution < 1.29 is 29.6 Å². The zero-order chi connectivity index (χ0) is 19.6. The van der Waals surface area contributed by atoms with E-state index in [-0.39, 0.29) is 29.8 Å². The Morgan fingerprint density at radius 1 is 1.22 bits per heavy atom. The van der Waals surface area contributed by atoms with Gasteiger partial charge in [0.05, 0.1) is 12.7 Å². The van der Waals surface area contributed by atoms with Crippen molar-refractivity contribution in [2.75, 3.05) is 6.61 Å². The predicted molar refractivity (Wildman–Crippen MR) is 95.2 cm³/mol. The lowest BCUT2D eigenvalue weighted by Crippen LogP contribution is -2.90. The normalized spacial score (nSPS) is 57.6. The summed E-state index contributed by atoms with van der Waals surface area (Å²) >= 11 is 0. The maximum Gasteiger partial charge on any atom is 0.322 e. The minimum atomic E-state index is -1.98. The first-order valence-electron chi connectivity index (χ1n) is 10.1. The fourth-order valence-electron chi connectivity index (χ4n) is 7.86. The van der Waals surface area contributed by atoms with Crippen molar-refractivity contribution in [3.8, 4) is 0 Å². The van der Waals surface area contributed by atoms with Crippen LogP contribution in [0.1, 0.15) is 46.5 Å². The molecule has 3 aliphatic carbocycles. The van der Waals surface area contributed by atoms with Crippen LogP contribution in [0.2, 0.25) is 0 Å². The maximum atomic E-state index is 13.0. The topological polar surface area (TPSA) is 96.2 Å². The molecule has 1 unspecified atom stereocenters. The van der Waals surface area contributed by atoms with Gasteiger partial charge in [0.2, 0.25) is 5.79 Å². The lowest BCUT2D eigenvalue weighted by Gasteiger charge is -2.77. The van der Waals surface area contributed by atoms with E-state index in [9.17, 15) is 20.1 Å². The van der Waals surface area contributed by atoms with Crippen molar-refractivity contribution in [1.82, 2.24) is 0 Å². The minimum Gasteiger partial charge on any atom is -0.460 e. The fraction of sp³-hybridized carbons (Fsp3) is 0.857. The minimum absolute atomic E-state index is 0.0679. The molecule has 0 aromatic heterocycles. The van der Waals surface area contributed by atoms with Gasteiger partial charge in [0.1, 0.15) is 12.2 Å². The molecule has 0 aromatic rings. The average molecular weight is 378 g/mol. The van der Waals surface area contributed by atoms with E-state index in [1.54, 1.807) is 0 Å². The highest BCUT2D eigenvalue weighted by Crippen LogP contribution is 2.76. The summed E-state index contributed by atoms with van der Waals surface area (Å²) in [6.07, 6.45) is 0.373. The Morgan fingerprint density at radius 2 is 1.93 bits per heavy atom. The molecule has 0 aromatic carbocycles. The molecule has 3 saturated heterocycles.